The van der Waals surface area contributed by atoms with E-state index >= 15 is 0 Å². The minimum Gasteiger partial charge on any atom is -0.385 e. The second-order valence-corrected chi connectivity index (χ2v) is 6.41. The average Bonchev–Trinajstić information content (AvgIpc) is 2.57. The number of methoxy groups -OCH3 is 1. The number of amides is 1. The molecule has 0 saturated heterocycles. The standard InChI is InChI=1S/C19H39NO3/c1-20(23-3)19(21)17-15-13-11-9-7-5-4-6-8-10-12-14-16-18-22-2/h4-18H2,1-3H3. The first-order chi connectivity index (χ1) is 11.2. The van der Waals surface area contributed by atoms with Gasteiger partial charge >= 0.3 is 0 Å². The number of hydrogen-bond donors (Lipinski definition) is 0. The van der Waals surface area contributed by atoms with Crippen LogP contribution < -0.4 is 0 Å². The lowest BCUT2D eigenvalue weighted by atomic mass is 10.0. The highest BCUT2D eigenvalue weighted by atomic mass is 16.7. The molecule has 0 N–H and O–H groups in total. The fourth-order valence-corrected chi connectivity index (χ4v) is 2.73. The number of hydrogen-bond acceptors (Lipinski definition) is 3. The van der Waals surface area contributed by atoms with Crippen molar-refractivity contribution in [2.75, 3.05) is 27.9 Å². The molecule has 0 radical (unpaired) electrons. The second-order valence-electron chi connectivity index (χ2n) is 6.41. The molecule has 0 aromatic rings. The molecule has 0 aliphatic carbocycles. The summed E-state index contributed by atoms with van der Waals surface area (Å²) in [5.74, 6) is 0.0784. The predicted molar refractivity (Wildman–Crippen MR) is 96.3 cm³/mol. The number of unbranched alkanes of at least 4 members (excludes halogenated alkanes) is 12. The van der Waals surface area contributed by atoms with Gasteiger partial charge in [0.1, 0.15) is 0 Å². The second kappa shape index (κ2) is 17.7. The Labute approximate surface area is 143 Å². The summed E-state index contributed by atoms with van der Waals surface area (Å²) >= 11 is 0. The van der Waals surface area contributed by atoms with Crippen molar-refractivity contribution < 1.29 is 14.4 Å². The lowest BCUT2D eigenvalue weighted by Crippen LogP contribution is -2.24. The van der Waals surface area contributed by atoms with Crippen molar-refractivity contribution in [2.45, 2.75) is 89.9 Å². The highest BCUT2D eigenvalue weighted by Crippen LogP contribution is 2.13. The highest BCUT2D eigenvalue weighted by Gasteiger charge is 2.06. The van der Waals surface area contributed by atoms with E-state index in [0.717, 1.165) is 19.4 Å². The molecule has 23 heavy (non-hydrogen) atoms. The molecule has 0 fully saturated rings. The van der Waals surface area contributed by atoms with Crippen LogP contribution in [0.3, 0.4) is 0 Å². The van der Waals surface area contributed by atoms with Crippen LogP contribution in [0.25, 0.3) is 0 Å². The summed E-state index contributed by atoms with van der Waals surface area (Å²) in [6.07, 6.45) is 17.5. The number of carbonyl (C=O) groups excluding carboxylic acids is 1. The third-order valence-corrected chi connectivity index (χ3v) is 4.36. The van der Waals surface area contributed by atoms with E-state index in [-0.39, 0.29) is 5.91 Å². The van der Waals surface area contributed by atoms with Crippen molar-refractivity contribution in [3.63, 3.8) is 0 Å². The number of carbonyl (C=O) groups is 1. The van der Waals surface area contributed by atoms with Crippen molar-refractivity contribution in [1.29, 1.82) is 0 Å². The normalized spacial score (nSPS) is 10.9. The molecule has 4 heteroatoms. The Bertz CT molecular complexity index is 259. The van der Waals surface area contributed by atoms with Crippen LogP contribution in [0.5, 0.6) is 0 Å². The summed E-state index contributed by atoms with van der Waals surface area (Å²) in [7, 11) is 4.97. The van der Waals surface area contributed by atoms with E-state index in [1.54, 1.807) is 14.2 Å². The van der Waals surface area contributed by atoms with E-state index < -0.39 is 0 Å². The van der Waals surface area contributed by atoms with Crippen LogP contribution in [0.1, 0.15) is 89.9 Å². The third kappa shape index (κ3) is 16.0. The summed E-state index contributed by atoms with van der Waals surface area (Å²) < 4.78 is 5.05. The lowest BCUT2D eigenvalue weighted by molar-refractivity contribution is -0.168. The van der Waals surface area contributed by atoms with E-state index in [1.165, 1.54) is 82.8 Å². The number of hydroxylamine groups is 2. The van der Waals surface area contributed by atoms with E-state index in [9.17, 15) is 4.79 Å². The topological polar surface area (TPSA) is 38.8 Å². The van der Waals surface area contributed by atoms with Crippen LogP contribution >= 0.6 is 0 Å². The first-order valence-electron chi connectivity index (χ1n) is 9.52. The summed E-state index contributed by atoms with van der Waals surface area (Å²) in [6.45, 7) is 0.914. The molecule has 0 aromatic heterocycles. The van der Waals surface area contributed by atoms with E-state index in [2.05, 4.69) is 0 Å². The Balaban J connectivity index is 3.09. The van der Waals surface area contributed by atoms with Gasteiger partial charge in [0, 0.05) is 27.2 Å². The highest BCUT2D eigenvalue weighted by molar-refractivity contribution is 5.74. The summed E-state index contributed by atoms with van der Waals surface area (Å²) in [6, 6.07) is 0. The van der Waals surface area contributed by atoms with Crippen LogP contribution in [-0.2, 0) is 14.4 Å². The van der Waals surface area contributed by atoms with Crippen LogP contribution in [0.2, 0.25) is 0 Å². The monoisotopic (exact) mass is 329 g/mol. The Morgan fingerprint density at radius 1 is 0.696 bits per heavy atom. The van der Waals surface area contributed by atoms with Gasteiger partial charge in [-0.1, -0.05) is 70.6 Å². The zero-order chi connectivity index (χ0) is 17.2. The molecule has 0 atom stereocenters. The first kappa shape index (κ1) is 22.4. The van der Waals surface area contributed by atoms with Gasteiger partial charge in [-0.2, -0.15) is 0 Å². The number of nitrogens with zero attached hydrogens (tertiary/aromatic N) is 1. The lowest BCUT2D eigenvalue weighted by Gasteiger charge is -2.12. The van der Waals surface area contributed by atoms with Gasteiger partial charge in [0.2, 0.25) is 5.91 Å². The van der Waals surface area contributed by atoms with Gasteiger partial charge in [0.05, 0.1) is 7.11 Å². The summed E-state index contributed by atoms with van der Waals surface area (Å²) in [5, 5.41) is 1.32. The van der Waals surface area contributed by atoms with Crippen LogP contribution in [0.15, 0.2) is 0 Å². The fourth-order valence-electron chi connectivity index (χ4n) is 2.73. The molecule has 4 nitrogen and oxygen atoms in total. The van der Waals surface area contributed by atoms with Crippen molar-refractivity contribution >= 4 is 5.91 Å². The zero-order valence-electron chi connectivity index (χ0n) is 15.8. The molecular formula is C19H39NO3. The number of ether oxygens (including phenoxy) is 1. The molecule has 1 amide bonds. The van der Waals surface area contributed by atoms with Gasteiger partial charge in [-0.3, -0.25) is 9.63 Å². The molecule has 0 heterocycles. The Hall–Kier alpha value is -0.610. The third-order valence-electron chi connectivity index (χ3n) is 4.36. The van der Waals surface area contributed by atoms with Crippen molar-refractivity contribution in [3.8, 4) is 0 Å². The fraction of sp³-hybridized carbons (Fsp3) is 0.947. The maximum absolute atomic E-state index is 11.5. The SMILES string of the molecule is COCCCCCCCCCCCCCCCC(=O)N(C)OC. The average molecular weight is 330 g/mol. The van der Waals surface area contributed by atoms with Crippen molar-refractivity contribution in [1.82, 2.24) is 5.06 Å². The maximum Gasteiger partial charge on any atom is 0.245 e. The quantitative estimate of drug-likeness (QED) is 0.275. The Morgan fingerprint density at radius 3 is 1.48 bits per heavy atom. The molecule has 0 rings (SSSR count). The molecule has 138 valence electrons. The summed E-state index contributed by atoms with van der Waals surface area (Å²) in [5.41, 5.74) is 0. The van der Waals surface area contributed by atoms with E-state index in [4.69, 9.17) is 9.57 Å². The smallest absolute Gasteiger partial charge is 0.245 e. The van der Waals surface area contributed by atoms with Gasteiger partial charge in [-0.25, -0.2) is 5.06 Å². The minimum atomic E-state index is 0.0784. The minimum absolute atomic E-state index is 0.0784. The largest absolute Gasteiger partial charge is 0.385 e. The molecule has 0 bridgehead atoms. The van der Waals surface area contributed by atoms with Gasteiger partial charge in [0.15, 0.2) is 0 Å². The van der Waals surface area contributed by atoms with Crippen LogP contribution in [0.4, 0.5) is 0 Å². The molecule has 0 aliphatic rings. The van der Waals surface area contributed by atoms with Gasteiger partial charge < -0.3 is 4.74 Å². The Morgan fingerprint density at radius 2 is 1.09 bits per heavy atom. The molecular weight excluding hydrogens is 290 g/mol. The van der Waals surface area contributed by atoms with Gasteiger partial charge in [-0.15, -0.1) is 0 Å². The van der Waals surface area contributed by atoms with E-state index in [1.807, 2.05) is 0 Å². The Kier molecular flexibility index (Phi) is 17.3. The molecule has 0 aliphatic heterocycles. The first-order valence-corrected chi connectivity index (χ1v) is 9.52. The van der Waals surface area contributed by atoms with Crippen LogP contribution in [-0.4, -0.2) is 38.8 Å². The van der Waals surface area contributed by atoms with Crippen molar-refractivity contribution in [2.24, 2.45) is 0 Å². The molecule has 0 saturated carbocycles. The zero-order valence-corrected chi connectivity index (χ0v) is 15.8. The maximum atomic E-state index is 11.5. The van der Waals surface area contributed by atoms with Crippen LogP contribution in [0, 0.1) is 0 Å². The van der Waals surface area contributed by atoms with Gasteiger partial charge in [-0.05, 0) is 12.8 Å². The van der Waals surface area contributed by atoms with Gasteiger partial charge in [0.25, 0.3) is 0 Å². The predicted octanol–water partition coefficient (Wildman–Crippen LogP) is 5.11. The van der Waals surface area contributed by atoms with Crippen molar-refractivity contribution in [3.05, 3.63) is 0 Å². The molecule has 0 unspecified atom stereocenters. The molecule has 0 spiro atoms. The molecule has 0 aromatic carbocycles. The number of rotatable bonds is 17. The van der Waals surface area contributed by atoms with E-state index in [0.29, 0.717) is 6.42 Å². The summed E-state index contributed by atoms with van der Waals surface area (Å²) in [4.78, 5) is 16.4.